The number of sulfonamides is 1. The molecule has 6 nitrogen and oxygen atoms in total. The van der Waals surface area contributed by atoms with Crippen molar-refractivity contribution in [3.05, 3.63) is 24.0 Å². The summed E-state index contributed by atoms with van der Waals surface area (Å²) in [5.41, 5.74) is 5.89. The molecule has 0 aromatic carbocycles. The van der Waals surface area contributed by atoms with Gasteiger partial charge in [-0.3, -0.25) is 4.98 Å². The van der Waals surface area contributed by atoms with E-state index < -0.39 is 10.0 Å². The van der Waals surface area contributed by atoms with Gasteiger partial charge in [-0.2, -0.15) is 4.31 Å². The van der Waals surface area contributed by atoms with Crippen molar-refractivity contribution in [3.8, 4) is 0 Å². The molecule has 0 spiro atoms. The molecule has 108 valence electrons. The monoisotopic (exact) mass is 287 g/mol. The minimum absolute atomic E-state index is 0.0779. The van der Waals surface area contributed by atoms with Crippen molar-refractivity contribution in [1.29, 1.82) is 0 Å². The van der Waals surface area contributed by atoms with Crippen molar-refractivity contribution in [2.45, 2.75) is 31.4 Å². The predicted molar refractivity (Wildman–Crippen MR) is 73.0 cm³/mol. The zero-order chi connectivity index (χ0) is 14.5. The van der Waals surface area contributed by atoms with Crippen molar-refractivity contribution >= 4 is 10.0 Å². The summed E-state index contributed by atoms with van der Waals surface area (Å²) in [6.45, 7) is 4.54. The number of hydrogen-bond acceptors (Lipinski definition) is 5. The lowest BCUT2D eigenvalue weighted by Gasteiger charge is -2.19. The highest BCUT2D eigenvalue weighted by atomic mass is 32.2. The molecular weight excluding hydrogens is 266 g/mol. The van der Waals surface area contributed by atoms with Crippen LogP contribution in [-0.2, 0) is 21.3 Å². The molecular formula is C12H21N3O3S. The summed E-state index contributed by atoms with van der Waals surface area (Å²) < 4.78 is 31.3. The molecule has 0 aliphatic heterocycles. The standard InChI is InChI=1S/C12H21N3O3S/c1-10(2)18-8-7-15(3)19(16,17)12-5-4-6-14-11(12)9-13/h4-6,10H,7-9,13H2,1-3H3. The molecule has 0 atom stereocenters. The zero-order valence-electron chi connectivity index (χ0n) is 11.5. The lowest BCUT2D eigenvalue weighted by molar-refractivity contribution is 0.0737. The fraction of sp³-hybridized carbons (Fsp3) is 0.583. The van der Waals surface area contributed by atoms with Crippen molar-refractivity contribution in [3.63, 3.8) is 0 Å². The lowest BCUT2D eigenvalue weighted by Crippen LogP contribution is -2.32. The van der Waals surface area contributed by atoms with E-state index in [1.165, 1.54) is 23.6 Å². The van der Waals surface area contributed by atoms with Crippen LogP contribution in [0, 0.1) is 0 Å². The Labute approximate surface area is 114 Å². The molecule has 0 amide bonds. The fourth-order valence-corrected chi connectivity index (χ4v) is 2.85. The maximum absolute atomic E-state index is 12.4. The Morgan fingerprint density at radius 2 is 2.16 bits per heavy atom. The quantitative estimate of drug-likeness (QED) is 0.793. The highest BCUT2D eigenvalue weighted by Crippen LogP contribution is 2.16. The lowest BCUT2D eigenvalue weighted by atomic mass is 10.3. The van der Waals surface area contributed by atoms with E-state index in [2.05, 4.69) is 4.98 Å². The van der Waals surface area contributed by atoms with Crippen LogP contribution in [0.15, 0.2) is 23.2 Å². The van der Waals surface area contributed by atoms with Gasteiger partial charge >= 0.3 is 0 Å². The van der Waals surface area contributed by atoms with Crippen molar-refractivity contribution in [2.75, 3.05) is 20.2 Å². The van der Waals surface area contributed by atoms with E-state index in [9.17, 15) is 8.42 Å². The van der Waals surface area contributed by atoms with E-state index in [0.29, 0.717) is 18.8 Å². The Hall–Kier alpha value is -1.02. The van der Waals surface area contributed by atoms with E-state index >= 15 is 0 Å². The number of hydrogen-bond donors (Lipinski definition) is 1. The van der Waals surface area contributed by atoms with Crippen LogP contribution in [0.4, 0.5) is 0 Å². The normalized spacial score (nSPS) is 12.3. The van der Waals surface area contributed by atoms with E-state index in [1.807, 2.05) is 13.8 Å². The molecule has 0 bridgehead atoms. The van der Waals surface area contributed by atoms with Crippen molar-refractivity contribution in [2.24, 2.45) is 5.73 Å². The van der Waals surface area contributed by atoms with Crippen LogP contribution in [0.5, 0.6) is 0 Å². The third-order valence-corrected chi connectivity index (χ3v) is 4.52. The van der Waals surface area contributed by atoms with Crippen LogP contribution in [0.3, 0.4) is 0 Å². The van der Waals surface area contributed by atoms with Gasteiger partial charge in [0.1, 0.15) is 4.90 Å². The van der Waals surface area contributed by atoms with Crippen LogP contribution < -0.4 is 5.73 Å². The Kier molecular flexibility index (Phi) is 5.86. The molecule has 19 heavy (non-hydrogen) atoms. The molecule has 1 aromatic heterocycles. The summed E-state index contributed by atoms with van der Waals surface area (Å²) in [7, 11) is -2.05. The van der Waals surface area contributed by atoms with Crippen LogP contribution >= 0.6 is 0 Å². The van der Waals surface area contributed by atoms with Crippen molar-refractivity contribution < 1.29 is 13.2 Å². The van der Waals surface area contributed by atoms with E-state index in [0.717, 1.165) is 0 Å². The first-order valence-corrected chi connectivity index (χ1v) is 7.55. The van der Waals surface area contributed by atoms with Crippen LogP contribution in [-0.4, -0.2) is 44.0 Å². The van der Waals surface area contributed by atoms with Gasteiger partial charge in [-0.05, 0) is 26.0 Å². The van der Waals surface area contributed by atoms with Gasteiger partial charge in [0.05, 0.1) is 18.4 Å². The zero-order valence-corrected chi connectivity index (χ0v) is 12.4. The number of pyridine rings is 1. The topological polar surface area (TPSA) is 85.5 Å². The molecule has 1 heterocycles. The Bertz CT molecular complexity index is 503. The number of nitrogens with zero attached hydrogens (tertiary/aromatic N) is 2. The molecule has 0 aliphatic carbocycles. The second-order valence-electron chi connectivity index (χ2n) is 4.40. The van der Waals surface area contributed by atoms with Gasteiger partial charge in [-0.25, -0.2) is 8.42 Å². The van der Waals surface area contributed by atoms with Gasteiger partial charge in [-0.15, -0.1) is 0 Å². The predicted octanol–water partition coefficient (Wildman–Crippen LogP) is 0.586. The number of ether oxygens (including phenoxy) is 1. The molecule has 7 heteroatoms. The maximum atomic E-state index is 12.4. The summed E-state index contributed by atoms with van der Waals surface area (Å²) in [5, 5.41) is 0. The van der Waals surface area contributed by atoms with Gasteiger partial charge in [0, 0.05) is 26.3 Å². The van der Waals surface area contributed by atoms with E-state index in [1.54, 1.807) is 6.07 Å². The van der Waals surface area contributed by atoms with Gasteiger partial charge in [0.15, 0.2) is 0 Å². The third-order valence-electron chi connectivity index (χ3n) is 2.59. The minimum Gasteiger partial charge on any atom is -0.377 e. The molecule has 0 unspecified atom stereocenters. The Balaban J connectivity index is 2.85. The molecule has 2 N–H and O–H groups in total. The molecule has 1 aromatic rings. The molecule has 0 saturated carbocycles. The molecule has 0 aliphatic rings. The number of likely N-dealkylation sites (N-methyl/N-ethyl adjacent to an activating group) is 1. The average molecular weight is 287 g/mol. The second-order valence-corrected chi connectivity index (χ2v) is 6.41. The largest absolute Gasteiger partial charge is 0.377 e. The van der Waals surface area contributed by atoms with Crippen LogP contribution in [0.1, 0.15) is 19.5 Å². The smallest absolute Gasteiger partial charge is 0.244 e. The third kappa shape index (κ3) is 4.24. The van der Waals surface area contributed by atoms with Gasteiger partial charge in [0.25, 0.3) is 0 Å². The number of rotatable bonds is 7. The second kappa shape index (κ2) is 6.95. The average Bonchev–Trinajstić information content (AvgIpc) is 2.38. The highest BCUT2D eigenvalue weighted by Gasteiger charge is 2.23. The fourth-order valence-electron chi connectivity index (χ4n) is 1.52. The molecule has 0 fully saturated rings. The number of aromatic nitrogens is 1. The minimum atomic E-state index is -3.57. The maximum Gasteiger partial charge on any atom is 0.244 e. The summed E-state index contributed by atoms with van der Waals surface area (Å²) in [4.78, 5) is 4.15. The summed E-state index contributed by atoms with van der Waals surface area (Å²) >= 11 is 0. The van der Waals surface area contributed by atoms with Gasteiger partial charge < -0.3 is 10.5 Å². The Morgan fingerprint density at radius 1 is 1.47 bits per heavy atom. The van der Waals surface area contributed by atoms with Crippen LogP contribution in [0.2, 0.25) is 0 Å². The SMILES string of the molecule is CC(C)OCCN(C)S(=O)(=O)c1cccnc1CN. The van der Waals surface area contributed by atoms with Crippen molar-refractivity contribution in [1.82, 2.24) is 9.29 Å². The molecule has 1 rings (SSSR count). The van der Waals surface area contributed by atoms with Gasteiger partial charge in [-0.1, -0.05) is 0 Å². The summed E-state index contributed by atoms with van der Waals surface area (Å²) in [6, 6.07) is 3.11. The number of nitrogens with two attached hydrogens (primary N) is 1. The molecule has 0 radical (unpaired) electrons. The first-order valence-electron chi connectivity index (χ1n) is 6.11. The van der Waals surface area contributed by atoms with E-state index in [-0.39, 0.29) is 17.5 Å². The van der Waals surface area contributed by atoms with Crippen LogP contribution in [0.25, 0.3) is 0 Å². The summed E-state index contributed by atoms with van der Waals surface area (Å²) in [5.74, 6) is 0. The Morgan fingerprint density at radius 3 is 2.74 bits per heavy atom. The summed E-state index contributed by atoms with van der Waals surface area (Å²) in [6.07, 6.45) is 1.61. The van der Waals surface area contributed by atoms with E-state index in [4.69, 9.17) is 10.5 Å². The first-order chi connectivity index (χ1) is 8.89. The van der Waals surface area contributed by atoms with Gasteiger partial charge in [0.2, 0.25) is 10.0 Å². The molecule has 0 saturated heterocycles. The first kappa shape index (κ1) is 16.0. The highest BCUT2D eigenvalue weighted by molar-refractivity contribution is 7.89.